The molecule has 0 radical (unpaired) electrons. The monoisotopic (exact) mass is 450 g/mol. The second-order valence-corrected chi connectivity index (χ2v) is 9.72. The Balaban J connectivity index is 1.45. The summed E-state index contributed by atoms with van der Waals surface area (Å²) in [6.07, 6.45) is 0.203. The van der Waals surface area contributed by atoms with Gasteiger partial charge in [0.15, 0.2) is 0 Å². The Labute approximate surface area is 188 Å². The van der Waals surface area contributed by atoms with Gasteiger partial charge in [-0.05, 0) is 41.3 Å². The van der Waals surface area contributed by atoms with E-state index in [1.54, 1.807) is 12.1 Å². The zero-order valence-corrected chi connectivity index (χ0v) is 18.8. The van der Waals surface area contributed by atoms with E-state index in [2.05, 4.69) is 5.32 Å². The summed E-state index contributed by atoms with van der Waals surface area (Å²) < 4.78 is 32.5. The zero-order valence-electron chi connectivity index (χ0n) is 18.0. The number of anilines is 1. The second kappa shape index (κ2) is 9.65. The topological polar surface area (TPSA) is 75.7 Å². The van der Waals surface area contributed by atoms with Crippen molar-refractivity contribution in [3.8, 4) is 11.1 Å². The van der Waals surface area contributed by atoms with E-state index in [4.69, 9.17) is 4.74 Å². The van der Waals surface area contributed by atoms with E-state index in [0.29, 0.717) is 32.0 Å². The van der Waals surface area contributed by atoms with Crippen LogP contribution < -0.4 is 5.32 Å². The van der Waals surface area contributed by atoms with Gasteiger partial charge in [-0.25, -0.2) is 8.42 Å². The quantitative estimate of drug-likeness (QED) is 0.619. The second-order valence-electron chi connectivity index (χ2n) is 7.78. The Morgan fingerprint density at radius 1 is 0.938 bits per heavy atom. The van der Waals surface area contributed by atoms with Crippen LogP contribution in [0.4, 0.5) is 5.69 Å². The molecule has 1 saturated heterocycles. The number of nitrogens with one attached hydrogen (secondary N) is 1. The highest BCUT2D eigenvalue weighted by Crippen LogP contribution is 2.24. The number of morpholine rings is 1. The molecular formula is C25H26N2O4S. The lowest BCUT2D eigenvalue weighted by molar-refractivity contribution is -0.115. The molecule has 3 aromatic carbocycles. The van der Waals surface area contributed by atoms with Crippen molar-refractivity contribution in [2.75, 3.05) is 31.6 Å². The zero-order chi connectivity index (χ0) is 22.6. The summed E-state index contributed by atoms with van der Waals surface area (Å²) >= 11 is 0. The molecule has 0 aliphatic carbocycles. The number of benzene rings is 3. The number of nitrogens with zero attached hydrogens (tertiary/aromatic N) is 1. The first-order valence-electron chi connectivity index (χ1n) is 10.6. The molecule has 0 atom stereocenters. The predicted molar refractivity (Wildman–Crippen MR) is 125 cm³/mol. The summed E-state index contributed by atoms with van der Waals surface area (Å²) in [5.74, 6) is -0.193. The van der Waals surface area contributed by atoms with Crippen LogP contribution in [0.1, 0.15) is 11.1 Å². The smallest absolute Gasteiger partial charge is 0.243 e. The molecule has 6 nitrogen and oxygen atoms in total. The molecule has 0 saturated carbocycles. The number of amides is 1. The number of ether oxygens (including phenoxy) is 1. The molecule has 1 heterocycles. The third-order valence-corrected chi connectivity index (χ3v) is 7.41. The van der Waals surface area contributed by atoms with Crippen molar-refractivity contribution in [2.45, 2.75) is 18.2 Å². The maximum absolute atomic E-state index is 12.9. The molecule has 1 aliphatic heterocycles. The van der Waals surface area contributed by atoms with Crippen molar-refractivity contribution >= 4 is 21.6 Å². The van der Waals surface area contributed by atoms with Gasteiger partial charge < -0.3 is 10.1 Å². The lowest BCUT2D eigenvalue weighted by atomic mass is 10.0. The van der Waals surface area contributed by atoms with Crippen LogP contribution in [0.3, 0.4) is 0 Å². The third-order valence-electron chi connectivity index (χ3n) is 5.52. The van der Waals surface area contributed by atoms with Gasteiger partial charge in [0.2, 0.25) is 15.9 Å². The van der Waals surface area contributed by atoms with Crippen LogP contribution in [0.5, 0.6) is 0 Å². The summed E-state index contributed by atoms with van der Waals surface area (Å²) in [6.45, 7) is 3.28. The van der Waals surface area contributed by atoms with Gasteiger partial charge in [-0.15, -0.1) is 0 Å². The fourth-order valence-electron chi connectivity index (χ4n) is 3.66. The summed E-state index contributed by atoms with van der Waals surface area (Å²) in [6, 6.07) is 22.8. The van der Waals surface area contributed by atoms with E-state index in [1.165, 1.54) is 10.4 Å². The molecule has 0 unspecified atom stereocenters. The average molecular weight is 451 g/mol. The van der Waals surface area contributed by atoms with Crippen LogP contribution >= 0.6 is 0 Å². The molecule has 3 aromatic rings. The fraction of sp³-hybridized carbons (Fsp3) is 0.240. The average Bonchev–Trinajstić information content (AvgIpc) is 2.82. The minimum absolute atomic E-state index is 0.174. The molecule has 0 spiro atoms. The van der Waals surface area contributed by atoms with Gasteiger partial charge in [0.25, 0.3) is 0 Å². The molecule has 1 amide bonds. The predicted octanol–water partition coefficient (Wildman–Crippen LogP) is 3.86. The van der Waals surface area contributed by atoms with Gasteiger partial charge in [-0.1, -0.05) is 60.7 Å². The van der Waals surface area contributed by atoms with Crippen LogP contribution in [0, 0.1) is 6.92 Å². The Bertz CT molecular complexity index is 1190. The molecule has 0 bridgehead atoms. The van der Waals surface area contributed by atoms with Crippen LogP contribution in [0.2, 0.25) is 0 Å². The first kappa shape index (κ1) is 22.2. The van der Waals surface area contributed by atoms with Crippen molar-refractivity contribution in [3.05, 3.63) is 83.9 Å². The number of carbonyl (C=O) groups excluding carboxylic acids is 1. The molecule has 166 valence electrons. The maximum Gasteiger partial charge on any atom is 0.243 e. The van der Waals surface area contributed by atoms with E-state index in [-0.39, 0.29) is 17.2 Å². The minimum atomic E-state index is -3.63. The maximum atomic E-state index is 12.9. The minimum Gasteiger partial charge on any atom is -0.379 e. The number of hydrogen-bond donors (Lipinski definition) is 1. The lowest BCUT2D eigenvalue weighted by Crippen LogP contribution is -2.40. The summed E-state index contributed by atoms with van der Waals surface area (Å²) in [5, 5.41) is 2.87. The van der Waals surface area contributed by atoms with Crippen molar-refractivity contribution in [3.63, 3.8) is 0 Å². The molecule has 0 aromatic heterocycles. The van der Waals surface area contributed by atoms with Crippen LogP contribution in [-0.2, 0) is 26.0 Å². The standard InChI is InChI=1S/C25H26N2O4S/c1-19-7-12-23(32(29,30)27-13-15-31-16-14-27)18-24(19)26-25(28)17-20-8-10-22(11-9-20)21-5-3-2-4-6-21/h2-12,18H,13-17H2,1H3,(H,26,28). The van der Waals surface area contributed by atoms with E-state index in [0.717, 1.165) is 22.3 Å². The number of carbonyl (C=O) groups is 1. The van der Waals surface area contributed by atoms with E-state index < -0.39 is 10.0 Å². The third kappa shape index (κ3) is 5.07. The molecule has 1 aliphatic rings. The van der Waals surface area contributed by atoms with Crippen LogP contribution in [0.15, 0.2) is 77.7 Å². The summed E-state index contributed by atoms with van der Waals surface area (Å²) in [4.78, 5) is 12.8. The normalized spacial score (nSPS) is 14.8. The van der Waals surface area contributed by atoms with Crippen molar-refractivity contribution < 1.29 is 17.9 Å². The lowest BCUT2D eigenvalue weighted by Gasteiger charge is -2.26. The van der Waals surface area contributed by atoms with Gasteiger partial charge in [0.05, 0.1) is 24.5 Å². The number of sulfonamides is 1. The Kier molecular flexibility index (Phi) is 6.69. The molecule has 32 heavy (non-hydrogen) atoms. The Morgan fingerprint density at radius 3 is 2.28 bits per heavy atom. The Morgan fingerprint density at radius 2 is 1.59 bits per heavy atom. The van der Waals surface area contributed by atoms with Crippen molar-refractivity contribution in [1.29, 1.82) is 0 Å². The molecule has 7 heteroatoms. The first-order valence-corrected chi connectivity index (χ1v) is 12.0. The number of rotatable bonds is 6. The summed E-state index contributed by atoms with van der Waals surface area (Å²) in [7, 11) is -3.63. The van der Waals surface area contributed by atoms with E-state index in [1.807, 2.05) is 61.5 Å². The van der Waals surface area contributed by atoms with Gasteiger partial charge in [0, 0.05) is 18.8 Å². The van der Waals surface area contributed by atoms with Gasteiger partial charge in [0.1, 0.15) is 0 Å². The summed E-state index contributed by atoms with van der Waals surface area (Å²) in [5.41, 5.74) is 4.41. The van der Waals surface area contributed by atoms with Gasteiger partial charge in [-0.2, -0.15) is 4.31 Å². The highest BCUT2D eigenvalue weighted by Gasteiger charge is 2.26. The number of aryl methyl sites for hydroxylation is 1. The number of hydrogen-bond acceptors (Lipinski definition) is 4. The van der Waals surface area contributed by atoms with Crippen LogP contribution in [-0.4, -0.2) is 44.9 Å². The van der Waals surface area contributed by atoms with Crippen molar-refractivity contribution in [1.82, 2.24) is 4.31 Å². The Hall–Kier alpha value is -3.00. The SMILES string of the molecule is Cc1ccc(S(=O)(=O)N2CCOCC2)cc1NC(=O)Cc1ccc(-c2ccccc2)cc1. The van der Waals surface area contributed by atoms with Crippen LogP contribution in [0.25, 0.3) is 11.1 Å². The first-order chi connectivity index (χ1) is 15.4. The molecule has 1 N–H and O–H groups in total. The highest BCUT2D eigenvalue weighted by atomic mass is 32.2. The highest BCUT2D eigenvalue weighted by molar-refractivity contribution is 7.89. The van der Waals surface area contributed by atoms with E-state index >= 15 is 0 Å². The molecular weight excluding hydrogens is 424 g/mol. The van der Waals surface area contributed by atoms with Gasteiger partial charge in [-0.3, -0.25) is 4.79 Å². The molecule has 1 fully saturated rings. The van der Waals surface area contributed by atoms with Gasteiger partial charge >= 0.3 is 0 Å². The largest absolute Gasteiger partial charge is 0.379 e. The van der Waals surface area contributed by atoms with E-state index in [9.17, 15) is 13.2 Å². The fourth-order valence-corrected chi connectivity index (χ4v) is 5.09. The van der Waals surface area contributed by atoms with Crippen molar-refractivity contribution in [2.24, 2.45) is 0 Å². The molecule has 4 rings (SSSR count).